The number of fused-ring (bicyclic) bond motifs is 1. The lowest BCUT2D eigenvalue weighted by molar-refractivity contribution is 0.0526. The fourth-order valence-corrected chi connectivity index (χ4v) is 2.98. The minimum absolute atomic E-state index is 0.277. The Morgan fingerprint density at radius 2 is 2.14 bits per heavy atom. The Morgan fingerprint density at radius 3 is 2.97 bits per heavy atom. The van der Waals surface area contributed by atoms with Gasteiger partial charge in [0.05, 0.1) is 34.4 Å². The van der Waals surface area contributed by atoms with Crippen molar-refractivity contribution in [2.45, 2.75) is 6.92 Å². The van der Waals surface area contributed by atoms with Crippen LogP contribution in [0, 0.1) is 0 Å². The molecular weight excluding hydrogens is 392 g/mol. The molecule has 4 aromatic rings. The molecule has 4 rings (SSSR count). The van der Waals surface area contributed by atoms with E-state index >= 15 is 0 Å². The Kier molecular flexibility index (Phi) is 5.31. The molecule has 2 heterocycles. The van der Waals surface area contributed by atoms with Crippen molar-refractivity contribution in [1.82, 2.24) is 9.97 Å². The molecule has 0 unspecified atom stereocenters. The van der Waals surface area contributed by atoms with Gasteiger partial charge < -0.3 is 14.1 Å². The summed E-state index contributed by atoms with van der Waals surface area (Å²) in [6.07, 6.45) is 1.54. The number of carbonyl (C=O) groups excluding carboxylic acids is 1. The smallest absolute Gasteiger partial charge is 0.339 e. The molecule has 146 valence electrons. The van der Waals surface area contributed by atoms with Crippen LogP contribution in [0.25, 0.3) is 22.4 Å². The number of benzene rings is 2. The van der Waals surface area contributed by atoms with Crippen LogP contribution in [-0.4, -0.2) is 28.8 Å². The number of nitrogens with one attached hydrogen (secondary N) is 2. The van der Waals surface area contributed by atoms with E-state index < -0.39 is 5.97 Å². The van der Waals surface area contributed by atoms with Crippen LogP contribution >= 0.6 is 11.6 Å². The molecule has 0 saturated carbocycles. The molecule has 0 bridgehead atoms. The summed E-state index contributed by atoms with van der Waals surface area (Å²) in [5.74, 6) is 1.18. The molecule has 0 aliphatic carbocycles. The average molecular weight is 409 g/mol. The summed E-state index contributed by atoms with van der Waals surface area (Å²) in [6.45, 7) is 2.02. The van der Waals surface area contributed by atoms with Gasteiger partial charge in [-0.25, -0.2) is 15.2 Å². The number of rotatable bonds is 6. The zero-order valence-corrected chi connectivity index (χ0v) is 16.2. The van der Waals surface area contributed by atoms with Crippen LogP contribution in [0.4, 0.5) is 5.95 Å². The molecule has 0 atom stereocenters. The standard InChI is InChI=1S/C21H17ClN4O3/c1-2-28-20(27)15-11-13(7-9-16(15)22)19-10-8-14(29-19)12-23-26-21-24-17-5-3-4-6-18(17)25-21/h3-12H,2H2,1H3,(H2,24,25,26)/b23-12-. The number of aromatic nitrogens is 2. The Balaban J connectivity index is 1.48. The molecule has 2 aromatic carbocycles. The topological polar surface area (TPSA) is 92.5 Å². The van der Waals surface area contributed by atoms with Crippen LogP contribution < -0.4 is 5.43 Å². The maximum absolute atomic E-state index is 12.0. The number of imidazole rings is 1. The highest BCUT2D eigenvalue weighted by Gasteiger charge is 2.14. The lowest BCUT2D eigenvalue weighted by atomic mass is 10.1. The number of nitrogens with zero attached hydrogens (tertiary/aromatic N) is 2. The minimum atomic E-state index is -0.470. The van der Waals surface area contributed by atoms with Crippen molar-refractivity contribution in [2.24, 2.45) is 5.10 Å². The number of halogens is 1. The van der Waals surface area contributed by atoms with E-state index in [1.165, 1.54) is 0 Å². The highest BCUT2D eigenvalue weighted by Crippen LogP contribution is 2.27. The first-order valence-electron chi connectivity index (χ1n) is 8.95. The summed E-state index contributed by atoms with van der Waals surface area (Å²) in [7, 11) is 0. The number of esters is 1. The van der Waals surface area contributed by atoms with E-state index in [2.05, 4.69) is 20.5 Å². The summed E-state index contributed by atoms with van der Waals surface area (Å²) < 4.78 is 10.8. The van der Waals surface area contributed by atoms with Gasteiger partial charge in [0, 0.05) is 5.56 Å². The van der Waals surface area contributed by atoms with E-state index in [1.54, 1.807) is 43.5 Å². The first-order valence-corrected chi connectivity index (χ1v) is 9.32. The third-order valence-electron chi connectivity index (χ3n) is 4.12. The Hall–Kier alpha value is -3.58. The van der Waals surface area contributed by atoms with Gasteiger partial charge >= 0.3 is 5.97 Å². The molecule has 7 nitrogen and oxygen atoms in total. The van der Waals surface area contributed by atoms with Crippen LogP contribution in [0.15, 0.2) is 64.1 Å². The number of H-pyrrole nitrogens is 1. The van der Waals surface area contributed by atoms with Gasteiger partial charge in [0.2, 0.25) is 5.95 Å². The van der Waals surface area contributed by atoms with Crippen molar-refractivity contribution < 1.29 is 13.9 Å². The van der Waals surface area contributed by atoms with Gasteiger partial charge in [0.1, 0.15) is 11.5 Å². The van der Waals surface area contributed by atoms with E-state index in [1.807, 2.05) is 24.3 Å². The molecule has 0 aliphatic rings. The van der Waals surface area contributed by atoms with Gasteiger partial charge in [-0.3, -0.25) is 0 Å². The van der Waals surface area contributed by atoms with Gasteiger partial charge in [0.25, 0.3) is 0 Å². The zero-order chi connectivity index (χ0) is 20.2. The Bertz CT molecular complexity index is 1160. The Morgan fingerprint density at radius 1 is 1.28 bits per heavy atom. The third-order valence-corrected chi connectivity index (χ3v) is 4.45. The first-order chi connectivity index (χ1) is 14.1. The van der Waals surface area contributed by atoms with Crippen molar-refractivity contribution in [2.75, 3.05) is 12.0 Å². The average Bonchev–Trinajstić information content (AvgIpc) is 3.35. The number of furan rings is 1. The first kappa shape index (κ1) is 18.8. The predicted octanol–water partition coefficient (Wildman–Crippen LogP) is 5.10. The van der Waals surface area contributed by atoms with E-state index in [-0.39, 0.29) is 6.61 Å². The molecule has 8 heteroatoms. The quantitative estimate of drug-likeness (QED) is 0.263. The monoisotopic (exact) mass is 408 g/mol. The number of aromatic amines is 1. The van der Waals surface area contributed by atoms with Crippen LogP contribution in [0.5, 0.6) is 0 Å². The summed E-state index contributed by atoms with van der Waals surface area (Å²) in [5, 5.41) is 4.47. The van der Waals surface area contributed by atoms with Crippen LogP contribution in [-0.2, 0) is 4.74 Å². The maximum atomic E-state index is 12.0. The number of hydrogen-bond acceptors (Lipinski definition) is 6. The van der Waals surface area contributed by atoms with E-state index in [0.29, 0.717) is 33.6 Å². The zero-order valence-electron chi connectivity index (χ0n) is 15.5. The third kappa shape index (κ3) is 4.14. The second-order valence-electron chi connectivity index (χ2n) is 6.09. The minimum Gasteiger partial charge on any atom is -0.462 e. The number of carbonyl (C=O) groups is 1. The van der Waals surface area contributed by atoms with Crippen molar-refractivity contribution in [1.29, 1.82) is 0 Å². The van der Waals surface area contributed by atoms with Crippen molar-refractivity contribution in [3.05, 3.63) is 70.9 Å². The van der Waals surface area contributed by atoms with Gasteiger partial charge in [-0.1, -0.05) is 23.7 Å². The second kappa shape index (κ2) is 8.20. The fourth-order valence-electron chi connectivity index (χ4n) is 2.78. The largest absolute Gasteiger partial charge is 0.462 e. The highest BCUT2D eigenvalue weighted by atomic mass is 35.5. The summed E-state index contributed by atoms with van der Waals surface area (Å²) in [5.41, 5.74) is 5.62. The predicted molar refractivity (Wildman–Crippen MR) is 112 cm³/mol. The van der Waals surface area contributed by atoms with Gasteiger partial charge in [-0.2, -0.15) is 5.10 Å². The highest BCUT2D eigenvalue weighted by molar-refractivity contribution is 6.33. The lowest BCUT2D eigenvalue weighted by Crippen LogP contribution is -2.05. The van der Waals surface area contributed by atoms with Crippen LogP contribution in [0.1, 0.15) is 23.0 Å². The van der Waals surface area contributed by atoms with Gasteiger partial charge in [-0.05, 0) is 49.4 Å². The fraction of sp³-hybridized carbons (Fsp3) is 0.0952. The summed E-state index contributed by atoms with van der Waals surface area (Å²) in [6, 6.07) is 16.3. The number of para-hydroxylation sites is 2. The molecule has 0 saturated heterocycles. The molecule has 0 spiro atoms. The van der Waals surface area contributed by atoms with Gasteiger partial charge in [0.15, 0.2) is 0 Å². The summed E-state index contributed by atoms with van der Waals surface area (Å²) in [4.78, 5) is 19.5. The molecule has 2 N–H and O–H groups in total. The van der Waals surface area contributed by atoms with Gasteiger partial charge in [-0.15, -0.1) is 0 Å². The molecule has 29 heavy (non-hydrogen) atoms. The molecule has 0 amide bonds. The van der Waals surface area contributed by atoms with Crippen LogP contribution in [0.3, 0.4) is 0 Å². The number of hydrazone groups is 1. The van der Waals surface area contributed by atoms with E-state index in [9.17, 15) is 4.79 Å². The van der Waals surface area contributed by atoms with E-state index in [4.69, 9.17) is 20.8 Å². The number of anilines is 1. The van der Waals surface area contributed by atoms with Crippen molar-refractivity contribution in [3.63, 3.8) is 0 Å². The molecular formula is C21H17ClN4O3. The van der Waals surface area contributed by atoms with E-state index in [0.717, 1.165) is 11.0 Å². The summed E-state index contributed by atoms with van der Waals surface area (Å²) >= 11 is 6.11. The second-order valence-corrected chi connectivity index (χ2v) is 6.50. The van der Waals surface area contributed by atoms with Crippen molar-refractivity contribution in [3.8, 4) is 11.3 Å². The van der Waals surface area contributed by atoms with Crippen LogP contribution in [0.2, 0.25) is 5.02 Å². The molecule has 0 fully saturated rings. The maximum Gasteiger partial charge on any atom is 0.339 e. The number of hydrogen-bond donors (Lipinski definition) is 2. The number of ether oxygens (including phenoxy) is 1. The lowest BCUT2D eigenvalue weighted by Gasteiger charge is -2.05. The molecule has 0 aliphatic heterocycles. The van der Waals surface area contributed by atoms with Crippen molar-refractivity contribution >= 4 is 40.8 Å². The molecule has 2 aromatic heterocycles. The SMILES string of the molecule is CCOC(=O)c1cc(-c2ccc(/C=N\Nc3nc4ccccc4[nH]3)o2)ccc1Cl. The molecule has 0 radical (unpaired) electrons. The normalized spacial score (nSPS) is 11.2. The Labute approximate surface area is 171 Å².